The molecule has 1 unspecified atom stereocenters. The van der Waals surface area contributed by atoms with Gasteiger partial charge in [0, 0.05) is 6.61 Å². The van der Waals surface area contributed by atoms with Gasteiger partial charge in [-0.2, -0.15) is 0 Å². The van der Waals surface area contributed by atoms with E-state index in [1.54, 1.807) is 0 Å². The molecule has 1 atom stereocenters. The maximum atomic E-state index is 5.75. The smallest absolute Gasteiger partial charge is 0.147 e. The third kappa shape index (κ3) is 8.17. The first kappa shape index (κ1) is 14.5. The van der Waals surface area contributed by atoms with Gasteiger partial charge in [0.1, 0.15) is 6.79 Å². The van der Waals surface area contributed by atoms with E-state index in [0.717, 1.165) is 25.9 Å². The first-order valence-electron chi connectivity index (χ1n) is 6.92. The van der Waals surface area contributed by atoms with Crippen LogP contribution in [0.5, 0.6) is 0 Å². The molecule has 0 heterocycles. The van der Waals surface area contributed by atoms with Crippen LogP contribution in [-0.4, -0.2) is 19.5 Å². The summed E-state index contributed by atoms with van der Waals surface area (Å²) >= 11 is 0. The summed E-state index contributed by atoms with van der Waals surface area (Å²) in [6.07, 6.45) is 17.7. The minimum atomic E-state index is 0.360. The van der Waals surface area contributed by atoms with Crippen LogP contribution in [0.4, 0.5) is 0 Å². The lowest BCUT2D eigenvalue weighted by Crippen LogP contribution is -2.15. The molecule has 0 N–H and O–H groups in total. The van der Waals surface area contributed by atoms with E-state index in [0.29, 0.717) is 12.9 Å². The second kappa shape index (κ2) is 10.5. The van der Waals surface area contributed by atoms with Gasteiger partial charge in [-0.05, 0) is 51.9 Å². The molecular formula is C15H26O2. The third-order valence-electron chi connectivity index (χ3n) is 2.98. The molecular weight excluding hydrogens is 212 g/mol. The fourth-order valence-electron chi connectivity index (χ4n) is 1.95. The van der Waals surface area contributed by atoms with Crippen LogP contribution in [0.25, 0.3) is 0 Å². The van der Waals surface area contributed by atoms with E-state index in [2.05, 4.69) is 24.3 Å². The maximum absolute atomic E-state index is 5.75. The molecule has 98 valence electrons. The Morgan fingerprint density at radius 1 is 0.941 bits per heavy atom. The molecule has 0 bridgehead atoms. The SMILES string of the molecule is CCOCOC1CCC=CCCC=CCCC1. The van der Waals surface area contributed by atoms with Crippen LogP contribution in [0.15, 0.2) is 24.3 Å². The largest absolute Gasteiger partial charge is 0.356 e. The number of hydrogen-bond acceptors (Lipinski definition) is 2. The Morgan fingerprint density at radius 2 is 1.65 bits per heavy atom. The van der Waals surface area contributed by atoms with Crippen molar-refractivity contribution in [3.8, 4) is 0 Å². The van der Waals surface area contributed by atoms with Gasteiger partial charge in [0.05, 0.1) is 6.10 Å². The molecule has 2 heteroatoms. The van der Waals surface area contributed by atoms with E-state index in [9.17, 15) is 0 Å². The Kier molecular flexibility index (Phi) is 8.97. The zero-order valence-electron chi connectivity index (χ0n) is 11.1. The molecule has 0 saturated heterocycles. The van der Waals surface area contributed by atoms with Crippen molar-refractivity contribution < 1.29 is 9.47 Å². The van der Waals surface area contributed by atoms with Crippen molar-refractivity contribution in [1.82, 2.24) is 0 Å². The summed E-state index contributed by atoms with van der Waals surface area (Å²) in [5, 5.41) is 0. The predicted molar refractivity (Wildman–Crippen MR) is 72.0 cm³/mol. The zero-order chi connectivity index (χ0) is 12.2. The van der Waals surface area contributed by atoms with Gasteiger partial charge in [0.15, 0.2) is 0 Å². The Bertz CT molecular complexity index is 221. The van der Waals surface area contributed by atoms with Crippen LogP contribution < -0.4 is 0 Å². The van der Waals surface area contributed by atoms with E-state index in [-0.39, 0.29) is 0 Å². The maximum Gasteiger partial charge on any atom is 0.147 e. The number of allylic oxidation sites excluding steroid dienone is 4. The first-order chi connectivity index (χ1) is 8.43. The highest BCUT2D eigenvalue weighted by Crippen LogP contribution is 2.13. The van der Waals surface area contributed by atoms with Crippen molar-refractivity contribution in [1.29, 1.82) is 0 Å². The van der Waals surface area contributed by atoms with Gasteiger partial charge >= 0.3 is 0 Å². The van der Waals surface area contributed by atoms with Gasteiger partial charge in [-0.25, -0.2) is 0 Å². The van der Waals surface area contributed by atoms with Crippen LogP contribution in [0.2, 0.25) is 0 Å². The minimum Gasteiger partial charge on any atom is -0.356 e. The lowest BCUT2D eigenvalue weighted by molar-refractivity contribution is -0.0903. The van der Waals surface area contributed by atoms with Gasteiger partial charge in [-0.1, -0.05) is 24.3 Å². The van der Waals surface area contributed by atoms with Crippen molar-refractivity contribution in [2.45, 2.75) is 58.0 Å². The molecule has 0 saturated carbocycles. The highest BCUT2D eigenvalue weighted by Gasteiger charge is 2.07. The standard InChI is InChI=1S/C15H26O2/c1-2-16-14-17-15-12-10-8-6-4-3-5-7-9-11-13-15/h4,6-7,9,15H,2-3,5,8,10-14H2,1H3. The van der Waals surface area contributed by atoms with Crippen LogP contribution >= 0.6 is 0 Å². The molecule has 0 aromatic rings. The normalized spacial score (nSPS) is 23.0. The van der Waals surface area contributed by atoms with Gasteiger partial charge in [-0.15, -0.1) is 0 Å². The molecule has 0 radical (unpaired) electrons. The average molecular weight is 238 g/mol. The Morgan fingerprint density at radius 3 is 2.41 bits per heavy atom. The van der Waals surface area contributed by atoms with Crippen molar-refractivity contribution in [2.24, 2.45) is 0 Å². The summed E-state index contributed by atoms with van der Waals surface area (Å²) in [6, 6.07) is 0. The molecule has 0 aromatic carbocycles. The van der Waals surface area contributed by atoms with Gasteiger partial charge in [0.2, 0.25) is 0 Å². The molecule has 0 aromatic heterocycles. The van der Waals surface area contributed by atoms with Crippen molar-refractivity contribution in [3.05, 3.63) is 24.3 Å². The summed E-state index contributed by atoms with van der Waals surface area (Å²) in [5.41, 5.74) is 0. The summed E-state index contributed by atoms with van der Waals surface area (Å²) in [7, 11) is 0. The van der Waals surface area contributed by atoms with Crippen molar-refractivity contribution in [2.75, 3.05) is 13.4 Å². The molecule has 0 amide bonds. The predicted octanol–water partition coefficient (Wildman–Crippen LogP) is 4.22. The number of ether oxygens (including phenoxy) is 2. The van der Waals surface area contributed by atoms with Crippen LogP contribution in [0, 0.1) is 0 Å². The molecule has 0 spiro atoms. The fraction of sp³-hybridized carbons (Fsp3) is 0.733. The average Bonchev–Trinajstić information content (AvgIpc) is 2.32. The first-order valence-corrected chi connectivity index (χ1v) is 6.92. The van der Waals surface area contributed by atoms with Crippen LogP contribution in [0.1, 0.15) is 51.9 Å². The Labute approximate surface area is 106 Å². The van der Waals surface area contributed by atoms with Crippen LogP contribution in [0.3, 0.4) is 0 Å². The Hall–Kier alpha value is -0.600. The highest BCUT2D eigenvalue weighted by atomic mass is 16.7. The van der Waals surface area contributed by atoms with E-state index < -0.39 is 0 Å². The Balaban J connectivity index is 2.28. The number of hydrogen-bond donors (Lipinski definition) is 0. The second-order valence-electron chi connectivity index (χ2n) is 4.43. The monoisotopic (exact) mass is 238 g/mol. The lowest BCUT2D eigenvalue weighted by atomic mass is 10.1. The molecule has 1 aliphatic carbocycles. The molecule has 0 fully saturated rings. The van der Waals surface area contributed by atoms with Gasteiger partial charge < -0.3 is 9.47 Å². The topological polar surface area (TPSA) is 18.5 Å². The van der Waals surface area contributed by atoms with E-state index in [1.165, 1.54) is 25.7 Å². The van der Waals surface area contributed by atoms with Crippen molar-refractivity contribution in [3.63, 3.8) is 0 Å². The summed E-state index contributed by atoms with van der Waals surface area (Å²) in [6.45, 7) is 3.17. The summed E-state index contributed by atoms with van der Waals surface area (Å²) in [5.74, 6) is 0. The van der Waals surface area contributed by atoms with Gasteiger partial charge in [-0.3, -0.25) is 0 Å². The molecule has 1 aliphatic rings. The van der Waals surface area contributed by atoms with Crippen molar-refractivity contribution >= 4 is 0 Å². The van der Waals surface area contributed by atoms with E-state index in [1.807, 2.05) is 6.92 Å². The summed E-state index contributed by atoms with van der Waals surface area (Å²) in [4.78, 5) is 0. The summed E-state index contributed by atoms with van der Waals surface area (Å²) < 4.78 is 11.0. The fourth-order valence-corrected chi connectivity index (χ4v) is 1.95. The van der Waals surface area contributed by atoms with E-state index >= 15 is 0 Å². The number of rotatable bonds is 4. The molecule has 1 rings (SSSR count). The molecule has 17 heavy (non-hydrogen) atoms. The second-order valence-corrected chi connectivity index (χ2v) is 4.43. The van der Waals surface area contributed by atoms with Crippen LogP contribution in [-0.2, 0) is 9.47 Å². The quantitative estimate of drug-likeness (QED) is 0.415. The minimum absolute atomic E-state index is 0.360. The van der Waals surface area contributed by atoms with Gasteiger partial charge in [0.25, 0.3) is 0 Å². The highest BCUT2D eigenvalue weighted by molar-refractivity contribution is 4.89. The zero-order valence-corrected chi connectivity index (χ0v) is 11.1. The van der Waals surface area contributed by atoms with E-state index in [4.69, 9.17) is 9.47 Å². The molecule has 0 aliphatic heterocycles. The molecule has 2 nitrogen and oxygen atoms in total. The third-order valence-corrected chi connectivity index (χ3v) is 2.98. The lowest BCUT2D eigenvalue weighted by Gasteiger charge is -2.17.